The predicted octanol–water partition coefficient (Wildman–Crippen LogP) is 0.580. The first-order valence-corrected chi connectivity index (χ1v) is 5.58. The van der Waals surface area contributed by atoms with E-state index < -0.39 is 0 Å². The number of hydrogen-bond donors (Lipinski definition) is 1. The summed E-state index contributed by atoms with van der Waals surface area (Å²) in [4.78, 5) is 18.2. The van der Waals surface area contributed by atoms with Crippen LogP contribution >= 0.6 is 11.3 Å². The smallest absolute Gasteiger partial charge is 0.228 e. The van der Waals surface area contributed by atoms with E-state index in [0.717, 1.165) is 23.0 Å². The van der Waals surface area contributed by atoms with Crippen LogP contribution in [0.3, 0.4) is 0 Å². The fourth-order valence-corrected chi connectivity index (χ4v) is 2.27. The van der Waals surface area contributed by atoms with Crippen LogP contribution in [0.15, 0.2) is 6.20 Å². The third kappa shape index (κ3) is 2.17. The normalized spacial score (nSPS) is 15.3. The Morgan fingerprint density at radius 2 is 2.53 bits per heavy atom. The van der Waals surface area contributed by atoms with Crippen LogP contribution < -0.4 is 10.6 Å². The SMILES string of the molecule is NCC#Cc1cnc(N2CCCC2=O)s1. The van der Waals surface area contributed by atoms with Gasteiger partial charge in [-0.05, 0) is 6.42 Å². The van der Waals surface area contributed by atoms with Crippen LogP contribution in [0, 0.1) is 11.8 Å². The Hall–Kier alpha value is -1.38. The lowest BCUT2D eigenvalue weighted by Gasteiger charge is -2.09. The van der Waals surface area contributed by atoms with E-state index >= 15 is 0 Å². The van der Waals surface area contributed by atoms with Crippen molar-refractivity contribution >= 4 is 22.4 Å². The Balaban J connectivity index is 2.16. The van der Waals surface area contributed by atoms with Crippen molar-refractivity contribution in [3.63, 3.8) is 0 Å². The molecule has 0 unspecified atom stereocenters. The maximum Gasteiger partial charge on any atom is 0.228 e. The third-order valence-electron chi connectivity index (χ3n) is 2.11. The van der Waals surface area contributed by atoms with Gasteiger partial charge in [0.05, 0.1) is 17.6 Å². The maximum atomic E-state index is 11.4. The molecular formula is C10H11N3OS. The minimum absolute atomic E-state index is 0.155. The predicted molar refractivity (Wildman–Crippen MR) is 59.6 cm³/mol. The van der Waals surface area contributed by atoms with Gasteiger partial charge < -0.3 is 5.73 Å². The van der Waals surface area contributed by atoms with Crippen LogP contribution in [-0.4, -0.2) is 24.0 Å². The molecule has 1 aliphatic rings. The molecule has 0 saturated carbocycles. The Bertz CT molecular complexity index is 429. The quantitative estimate of drug-likeness (QED) is 0.706. The van der Waals surface area contributed by atoms with Gasteiger partial charge in [-0.15, -0.1) is 0 Å². The number of hydrogen-bond acceptors (Lipinski definition) is 4. The average molecular weight is 221 g/mol. The van der Waals surface area contributed by atoms with Crippen molar-refractivity contribution in [2.24, 2.45) is 5.73 Å². The molecular weight excluding hydrogens is 210 g/mol. The second-order valence-electron chi connectivity index (χ2n) is 3.16. The highest BCUT2D eigenvalue weighted by molar-refractivity contribution is 7.16. The largest absolute Gasteiger partial charge is 0.320 e. The van der Waals surface area contributed by atoms with Gasteiger partial charge in [0.15, 0.2) is 5.13 Å². The zero-order chi connectivity index (χ0) is 10.7. The Morgan fingerprint density at radius 3 is 3.20 bits per heavy atom. The monoisotopic (exact) mass is 221 g/mol. The van der Waals surface area contributed by atoms with E-state index in [1.807, 2.05) is 0 Å². The number of nitrogens with two attached hydrogens (primary N) is 1. The Kier molecular flexibility index (Phi) is 2.99. The number of amides is 1. The van der Waals surface area contributed by atoms with E-state index in [2.05, 4.69) is 16.8 Å². The highest BCUT2D eigenvalue weighted by Gasteiger charge is 2.23. The lowest BCUT2D eigenvalue weighted by Crippen LogP contribution is -2.23. The zero-order valence-corrected chi connectivity index (χ0v) is 9.01. The van der Waals surface area contributed by atoms with Gasteiger partial charge in [-0.1, -0.05) is 23.2 Å². The standard InChI is InChI=1S/C10H11N3OS/c11-5-1-3-8-7-12-10(15-8)13-6-2-4-9(13)14/h7H,2,4-6,11H2. The van der Waals surface area contributed by atoms with Crippen molar-refractivity contribution < 1.29 is 4.79 Å². The van der Waals surface area contributed by atoms with E-state index in [4.69, 9.17) is 5.73 Å². The van der Waals surface area contributed by atoms with Gasteiger partial charge in [0.2, 0.25) is 5.91 Å². The van der Waals surface area contributed by atoms with E-state index in [-0.39, 0.29) is 5.91 Å². The fourth-order valence-electron chi connectivity index (χ4n) is 1.44. The number of thiazole rings is 1. The summed E-state index contributed by atoms with van der Waals surface area (Å²) in [6.07, 6.45) is 3.24. The molecule has 4 nitrogen and oxygen atoms in total. The summed E-state index contributed by atoms with van der Waals surface area (Å²) < 4.78 is 0. The number of anilines is 1. The number of rotatable bonds is 1. The van der Waals surface area contributed by atoms with Crippen molar-refractivity contribution in [2.75, 3.05) is 18.0 Å². The highest BCUT2D eigenvalue weighted by Crippen LogP contribution is 2.25. The first kappa shape index (κ1) is 10.1. The molecule has 1 aromatic heterocycles. The topological polar surface area (TPSA) is 59.2 Å². The second-order valence-corrected chi connectivity index (χ2v) is 4.17. The zero-order valence-electron chi connectivity index (χ0n) is 8.19. The van der Waals surface area contributed by atoms with E-state index in [9.17, 15) is 4.79 Å². The van der Waals surface area contributed by atoms with Crippen LogP contribution in [-0.2, 0) is 4.79 Å². The first-order chi connectivity index (χ1) is 7.31. The molecule has 5 heteroatoms. The van der Waals surface area contributed by atoms with Gasteiger partial charge in [-0.3, -0.25) is 9.69 Å². The lowest BCUT2D eigenvalue weighted by atomic mass is 10.4. The maximum absolute atomic E-state index is 11.4. The minimum atomic E-state index is 0.155. The van der Waals surface area contributed by atoms with Gasteiger partial charge in [0.25, 0.3) is 0 Å². The van der Waals surface area contributed by atoms with Gasteiger partial charge >= 0.3 is 0 Å². The molecule has 2 heterocycles. The van der Waals surface area contributed by atoms with Crippen LogP contribution in [0.1, 0.15) is 17.7 Å². The number of aromatic nitrogens is 1. The molecule has 78 valence electrons. The van der Waals surface area contributed by atoms with Crippen molar-refractivity contribution in [3.05, 3.63) is 11.1 Å². The highest BCUT2D eigenvalue weighted by atomic mass is 32.1. The van der Waals surface area contributed by atoms with Crippen molar-refractivity contribution in [3.8, 4) is 11.8 Å². The molecule has 0 spiro atoms. The summed E-state index contributed by atoms with van der Waals surface area (Å²) in [7, 11) is 0. The van der Waals surface area contributed by atoms with Crippen molar-refractivity contribution in [1.29, 1.82) is 0 Å². The number of carbonyl (C=O) groups is 1. The van der Waals surface area contributed by atoms with Crippen molar-refractivity contribution in [1.82, 2.24) is 4.98 Å². The van der Waals surface area contributed by atoms with Gasteiger partial charge in [0.1, 0.15) is 0 Å². The van der Waals surface area contributed by atoms with Gasteiger partial charge in [-0.25, -0.2) is 4.98 Å². The molecule has 2 rings (SSSR count). The van der Waals surface area contributed by atoms with Gasteiger partial charge in [-0.2, -0.15) is 0 Å². The molecule has 15 heavy (non-hydrogen) atoms. The van der Waals surface area contributed by atoms with E-state index in [1.165, 1.54) is 11.3 Å². The Labute approximate surface area is 92.1 Å². The molecule has 1 fully saturated rings. The molecule has 1 saturated heterocycles. The third-order valence-corrected chi connectivity index (χ3v) is 3.05. The molecule has 0 aromatic carbocycles. The number of carbonyl (C=O) groups excluding carboxylic acids is 1. The fraction of sp³-hybridized carbons (Fsp3) is 0.400. The van der Waals surface area contributed by atoms with E-state index in [1.54, 1.807) is 11.1 Å². The summed E-state index contributed by atoms with van der Waals surface area (Å²) in [5, 5.41) is 0.749. The second kappa shape index (κ2) is 4.43. The van der Waals surface area contributed by atoms with Crippen LogP contribution in [0.4, 0.5) is 5.13 Å². The molecule has 0 radical (unpaired) electrons. The molecule has 1 amide bonds. The van der Waals surface area contributed by atoms with E-state index in [0.29, 0.717) is 13.0 Å². The number of nitrogens with zero attached hydrogens (tertiary/aromatic N) is 2. The van der Waals surface area contributed by atoms with Crippen LogP contribution in [0.2, 0.25) is 0 Å². The van der Waals surface area contributed by atoms with Crippen molar-refractivity contribution in [2.45, 2.75) is 12.8 Å². The lowest BCUT2D eigenvalue weighted by molar-refractivity contribution is -0.117. The summed E-state index contributed by atoms with van der Waals surface area (Å²) in [6.45, 7) is 1.12. The Morgan fingerprint density at radius 1 is 1.67 bits per heavy atom. The molecule has 1 aliphatic heterocycles. The molecule has 0 atom stereocenters. The average Bonchev–Trinajstić information content (AvgIpc) is 2.83. The van der Waals surface area contributed by atoms with Gasteiger partial charge in [0, 0.05) is 13.0 Å². The molecule has 2 N–H and O–H groups in total. The summed E-state index contributed by atoms with van der Waals surface area (Å²) in [5.74, 6) is 5.83. The molecule has 0 bridgehead atoms. The summed E-state index contributed by atoms with van der Waals surface area (Å²) >= 11 is 1.44. The van der Waals surface area contributed by atoms with Crippen LogP contribution in [0.25, 0.3) is 0 Å². The summed E-state index contributed by atoms with van der Waals surface area (Å²) in [6, 6.07) is 0. The summed E-state index contributed by atoms with van der Waals surface area (Å²) in [5.41, 5.74) is 5.27. The molecule has 0 aliphatic carbocycles. The molecule has 1 aromatic rings. The minimum Gasteiger partial charge on any atom is -0.320 e. The van der Waals surface area contributed by atoms with Crippen LogP contribution in [0.5, 0.6) is 0 Å². The first-order valence-electron chi connectivity index (χ1n) is 4.76.